The minimum Gasteiger partial charge on any atom is -0.481 e. The lowest BCUT2D eigenvalue weighted by molar-refractivity contribution is -0.138. The third kappa shape index (κ3) is 5.63. The summed E-state index contributed by atoms with van der Waals surface area (Å²) in [6, 6.07) is 8.72. The monoisotopic (exact) mass is 409 g/mol. The van der Waals surface area contributed by atoms with Crippen molar-refractivity contribution in [1.82, 2.24) is 5.32 Å². The summed E-state index contributed by atoms with van der Waals surface area (Å²) >= 11 is 0. The van der Waals surface area contributed by atoms with Gasteiger partial charge in [0.25, 0.3) is 0 Å². The van der Waals surface area contributed by atoms with Gasteiger partial charge in [0.15, 0.2) is 11.5 Å². The molecule has 0 saturated heterocycles. The van der Waals surface area contributed by atoms with E-state index in [1.54, 1.807) is 18.2 Å². The van der Waals surface area contributed by atoms with E-state index in [9.17, 15) is 22.8 Å². The minimum atomic E-state index is -4.45. The Morgan fingerprint density at radius 3 is 2.34 bits per heavy atom. The summed E-state index contributed by atoms with van der Waals surface area (Å²) in [5.41, 5.74) is 0.367. The van der Waals surface area contributed by atoms with Crippen LogP contribution in [0.4, 0.5) is 13.2 Å². The molecule has 6 nitrogen and oxygen atoms in total. The molecule has 1 heterocycles. The number of benzene rings is 2. The number of fused-ring (bicyclic) bond motifs is 1. The lowest BCUT2D eigenvalue weighted by Crippen LogP contribution is -2.39. The van der Waals surface area contributed by atoms with Crippen LogP contribution in [-0.2, 0) is 28.6 Å². The SMILES string of the molecule is O=C(O)CC(Cc1ccc(C(F)(F)F)cc1)NC(=O)Cc1ccc2c(c1)OCO2. The van der Waals surface area contributed by atoms with E-state index in [0.29, 0.717) is 22.6 Å². The molecule has 2 N–H and O–H groups in total. The Morgan fingerprint density at radius 2 is 1.69 bits per heavy atom. The number of nitrogens with one attached hydrogen (secondary N) is 1. The van der Waals surface area contributed by atoms with Gasteiger partial charge in [-0.2, -0.15) is 13.2 Å². The summed E-state index contributed by atoms with van der Waals surface area (Å²) in [5, 5.41) is 11.7. The molecule has 0 aromatic heterocycles. The van der Waals surface area contributed by atoms with E-state index in [2.05, 4.69) is 5.32 Å². The number of carboxylic acids is 1. The van der Waals surface area contributed by atoms with E-state index in [0.717, 1.165) is 12.1 Å². The average Bonchev–Trinajstić information content (AvgIpc) is 3.08. The first-order valence-electron chi connectivity index (χ1n) is 8.76. The first kappa shape index (κ1) is 20.5. The van der Waals surface area contributed by atoms with Crippen molar-refractivity contribution >= 4 is 11.9 Å². The molecule has 0 radical (unpaired) electrons. The fourth-order valence-electron chi connectivity index (χ4n) is 3.01. The summed E-state index contributed by atoms with van der Waals surface area (Å²) < 4.78 is 48.5. The van der Waals surface area contributed by atoms with Crippen LogP contribution in [0, 0.1) is 0 Å². The second-order valence-electron chi connectivity index (χ2n) is 6.63. The van der Waals surface area contributed by atoms with Crippen LogP contribution in [0.3, 0.4) is 0 Å². The van der Waals surface area contributed by atoms with Gasteiger partial charge in [-0.05, 0) is 41.8 Å². The van der Waals surface area contributed by atoms with Crippen molar-refractivity contribution in [3.63, 3.8) is 0 Å². The average molecular weight is 409 g/mol. The van der Waals surface area contributed by atoms with Crippen molar-refractivity contribution in [2.45, 2.75) is 31.5 Å². The van der Waals surface area contributed by atoms with Gasteiger partial charge in [-0.1, -0.05) is 18.2 Å². The van der Waals surface area contributed by atoms with Crippen molar-refractivity contribution in [2.24, 2.45) is 0 Å². The summed E-state index contributed by atoms with van der Waals surface area (Å²) in [5.74, 6) is -0.408. The predicted octanol–water partition coefficient (Wildman–Crippen LogP) is 3.18. The van der Waals surface area contributed by atoms with Gasteiger partial charge in [0.05, 0.1) is 18.4 Å². The maximum Gasteiger partial charge on any atom is 0.416 e. The van der Waals surface area contributed by atoms with Crippen molar-refractivity contribution in [1.29, 1.82) is 0 Å². The molecule has 1 atom stereocenters. The highest BCUT2D eigenvalue weighted by Crippen LogP contribution is 2.32. The smallest absolute Gasteiger partial charge is 0.416 e. The van der Waals surface area contributed by atoms with Crippen LogP contribution >= 0.6 is 0 Å². The number of aliphatic carboxylic acids is 1. The van der Waals surface area contributed by atoms with Crippen LogP contribution in [0.15, 0.2) is 42.5 Å². The summed E-state index contributed by atoms with van der Waals surface area (Å²) in [6.45, 7) is 0.110. The molecular formula is C20H18F3NO5. The molecule has 154 valence electrons. The Bertz CT molecular complexity index is 896. The van der Waals surface area contributed by atoms with Crippen molar-refractivity contribution in [3.05, 3.63) is 59.2 Å². The van der Waals surface area contributed by atoms with E-state index < -0.39 is 29.7 Å². The molecule has 0 fully saturated rings. The Morgan fingerprint density at radius 1 is 1.03 bits per heavy atom. The fraction of sp³-hybridized carbons (Fsp3) is 0.300. The number of carboxylic acid groups (broad SMARTS) is 1. The third-order valence-electron chi connectivity index (χ3n) is 4.35. The van der Waals surface area contributed by atoms with E-state index in [-0.39, 0.29) is 26.1 Å². The Labute approximate surface area is 164 Å². The van der Waals surface area contributed by atoms with Crippen LogP contribution < -0.4 is 14.8 Å². The molecule has 9 heteroatoms. The number of alkyl halides is 3. The number of hydrogen-bond donors (Lipinski definition) is 2. The van der Waals surface area contributed by atoms with Crippen LogP contribution in [0.2, 0.25) is 0 Å². The van der Waals surface area contributed by atoms with Gasteiger partial charge in [0.2, 0.25) is 12.7 Å². The third-order valence-corrected chi connectivity index (χ3v) is 4.35. The first-order valence-corrected chi connectivity index (χ1v) is 8.76. The first-order chi connectivity index (χ1) is 13.7. The highest BCUT2D eigenvalue weighted by molar-refractivity contribution is 5.80. The largest absolute Gasteiger partial charge is 0.481 e. The van der Waals surface area contributed by atoms with E-state index >= 15 is 0 Å². The van der Waals surface area contributed by atoms with Gasteiger partial charge in [0.1, 0.15) is 0 Å². The minimum absolute atomic E-state index is 0.000228. The fourth-order valence-corrected chi connectivity index (χ4v) is 3.01. The van der Waals surface area contributed by atoms with Crippen LogP contribution in [0.25, 0.3) is 0 Å². The molecule has 2 aromatic carbocycles. The highest BCUT2D eigenvalue weighted by atomic mass is 19.4. The molecule has 0 bridgehead atoms. The molecule has 3 rings (SSSR count). The topological polar surface area (TPSA) is 84.9 Å². The Balaban J connectivity index is 1.63. The van der Waals surface area contributed by atoms with E-state index in [4.69, 9.17) is 14.6 Å². The number of ether oxygens (including phenoxy) is 2. The zero-order chi connectivity index (χ0) is 21.0. The van der Waals surface area contributed by atoms with Crippen LogP contribution in [0.5, 0.6) is 11.5 Å². The zero-order valence-electron chi connectivity index (χ0n) is 15.2. The van der Waals surface area contributed by atoms with E-state index in [1.165, 1.54) is 12.1 Å². The molecule has 29 heavy (non-hydrogen) atoms. The maximum absolute atomic E-state index is 12.7. The van der Waals surface area contributed by atoms with Gasteiger partial charge in [-0.25, -0.2) is 0 Å². The number of hydrogen-bond acceptors (Lipinski definition) is 4. The van der Waals surface area contributed by atoms with Gasteiger partial charge < -0.3 is 19.9 Å². The molecular weight excluding hydrogens is 391 g/mol. The molecule has 1 aliphatic rings. The molecule has 0 saturated carbocycles. The predicted molar refractivity (Wildman–Crippen MR) is 95.6 cm³/mol. The summed E-state index contributed by atoms with van der Waals surface area (Å²) in [4.78, 5) is 23.5. The lowest BCUT2D eigenvalue weighted by Gasteiger charge is -2.18. The second kappa shape index (κ2) is 8.42. The van der Waals surface area contributed by atoms with Gasteiger partial charge in [0, 0.05) is 6.04 Å². The number of carbonyl (C=O) groups is 2. The van der Waals surface area contributed by atoms with Gasteiger partial charge in [-0.15, -0.1) is 0 Å². The Kier molecular flexibility index (Phi) is 5.95. The summed E-state index contributed by atoms with van der Waals surface area (Å²) in [6.07, 6.45) is -4.71. The van der Waals surface area contributed by atoms with Crippen molar-refractivity contribution in [3.8, 4) is 11.5 Å². The van der Waals surface area contributed by atoms with Gasteiger partial charge >= 0.3 is 12.1 Å². The molecule has 0 spiro atoms. The zero-order valence-corrected chi connectivity index (χ0v) is 15.2. The molecule has 1 amide bonds. The molecule has 0 aliphatic carbocycles. The standard InChI is InChI=1S/C20H18F3NO5/c21-20(22,23)14-4-1-12(2-5-14)7-15(10-19(26)27)24-18(25)9-13-3-6-16-17(8-13)29-11-28-16/h1-6,8,15H,7,9-11H2,(H,24,25)(H,26,27). The molecule has 2 aromatic rings. The van der Waals surface area contributed by atoms with Crippen molar-refractivity contribution in [2.75, 3.05) is 6.79 Å². The maximum atomic E-state index is 12.7. The number of carbonyl (C=O) groups excluding carboxylic acids is 1. The Hall–Kier alpha value is -3.23. The van der Waals surface area contributed by atoms with E-state index in [1.807, 2.05) is 0 Å². The normalized spacial score (nSPS) is 13.8. The highest BCUT2D eigenvalue weighted by Gasteiger charge is 2.30. The lowest BCUT2D eigenvalue weighted by atomic mass is 10.0. The summed E-state index contributed by atoms with van der Waals surface area (Å²) in [7, 11) is 0. The second-order valence-corrected chi connectivity index (χ2v) is 6.63. The van der Waals surface area contributed by atoms with Crippen molar-refractivity contribution < 1.29 is 37.3 Å². The molecule has 1 unspecified atom stereocenters. The van der Waals surface area contributed by atoms with Crippen LogP contribution in [0.1, 0.15) is 23.1 Å². The quantitative estimate of drug-likeness (QED) is 0.734. The number of rotatable bonds is 7. The van der Waals surface area contributed by atoms with Gasteiger partial charge in [-0.3, -0.25) is 9.59 Å². The van der Waals surface area contributed by atoms with Crippen LogP contribution in [-0.4, -0.2) is 29.8 Å². The number of halogens is 3. The molecule has 1 aliphatic heterocycles. The number of amides is 1.